The highest BCUT2D eigenvalue weighted by atomic mass is 16.7. The number of ether oxygens (including phenoxy) is 5. The lowest BCUT2D eigenvalue weighted by Crippen LogP contribution is -2.65. The zero-order valence-electron chi connectivity index (χ0n) is 29.0. The number of nitrogens with zero attached hydrogens (tertiary/aromatic N) is 3. The first kappa shape index (κ1) is 34.4. The summed E-state index contributed by atoms with van der Waals surface area (Å²) in [5.74, 6) is -2.29. The topological polar surface area (TPSA) is 177 Å². The maximum absolute atomic E-state index is 13.9. The first-order valence-electron chi connectivity index (χ1n) is 17.1. The third-order valence-corrected chi connectivity index (χ3v) is 10.9. The van der Waals surface area contributed by atoms with Crippen LogP contribution in [0.3, 0.4) is 0 Å². The Balaban J connectivity index is 1.29. The number of rotatable bonds is 9. The average molecular weight is 704 g/mol. The van der Waals surface area contributed by atoms with E-state index in [0.29, 0.717) is 12.0 Å². The summed E-state index contributed by atoms with van der Waals surface area (Å²) in [5, 5.41) is 7.07. The summed E-state index contributed by atoms with van der Waals surface area (Å²) in [4.78, 5) is 70.3. The van der Waals surface area contributed by atoms with Crippen molar-refractivity contribution in [3.8, 4) is 0 Å². The molecule has 2 aromatic rings. The van der Waals surface area contributed by atoms with Gasteiger partial charge in [0.1, 0.15) is 18.5 Å². The number of carbonyl (C=O) groups excluding carboxylic acids is 4. The van der Waals surface area contributed by atoms with Crippen LogP contribution < -0.4 is 16.3 Å². The molecule has 0 radical (unpaired) electrons. The van der Waals surface area contributed by atoms with Crippen LogP contribution in [0.2, 0.25) is 0 Å². The van der Waals surface area contributed by atoms with Gasteiger partial charge in [-0.25, -0.2) is 9.59 Å². The van der Waals surface area contributed by atoms with E-state index in [2.05, 4.69) is 45.7 Å². The minimum atomic E-state index is -1.27. The molecule has 2 saturated heterocycles. The van der Waals surface area contributed by atoms with Crippen LogP contribution in [0.15, 0.2) is 64.7 Å². The number of para-hydroxylation sites is 1. The third kappa shape index (κ3) is 5.41. The zero-order valence-corrected chi connectivity index (χ0v) is 29.0. The van der Waals surface area contributed by atoms with Crippen molar-refractivity contribution in [3.63, 3.8) is 0 Å². The highest BCUT2D eigenvalue weighted by molar-refractivity contribution is 5.95. The molecule has 5 aliphatic rings. The van der Waals surface area contributed by atoms with Crippen molar-refractivity contribution >= 4 is 35.4 Å². The minimum absolute atomic E-state index is 0.0128. The first-order chi connectivity index (χ1) is 24.4. The molecule has 0 saturated carbocycles. The molecule has 0 bridgehead atoms. The molecule has 1 aromatic heterocycles. The number of benzene rings is 1. The lowest BCUT2D eigenvalue weighted by atomic mass is 9.53. The second-order valence-electron chi connectivity index (χ2n) is 13.5. The van der Waals surface area contributed by atoms with Crippen molar-refractivity contribution in [2.24, 2.45) is 5.41 Å². The van der Waals surface area contributed by atoms with Gasteiger partial charge in [0.15, 0.2) is 18.4 Å². The van der Waals surface area contributed by atoms with Crippen molar-refractivity contribution in [2.75, 3.05) is 37.4 Å². The van der Waals surface area contributed by atoms with E-state index >= 15 is 0 Å². The second kappa shape index (κ2) is 12.9. The Morgan fingerprint density at radius 2 is 1.80 bits per heavy atom. The highest BCUT2D eigenvalue weighted by Crippen LogP contribution is 2.64. The molecule has 7 rings (SSSR count). The lowest BCUT2D eigenvalue weighted by molar-refractivity contribution is -0.166. The average Bonchev–Trinajstić information content (AvgIpc) is 3.76. The van der Waals surface area contributed by atoms with Crippen LogP contribution in [0, 0.1) is 5.41 Å². The summed E-state index contributed by atoms with van der Waals surface area (Å²) in [7, 11) is 1.36. The molecule has 15 nitrogen and oxygen atoms in total. The molecular weight excluding hydrogens is 662 g/mol. The van der Waals surface area contributed by atoms with Crippen LogP contribution in [0.5, 0.6) is 0 Å². The predicted octanol–water partition coefficient (Wildman–Crippen LogP) is 2.19. The summed E-state index contributed by atoms with van der Waals surface area (Å²) in [5.41, 5.74) is 1.50. The molecule has 2 N–H and O–H groups in total. The summed E-state index contributed by atoms with van der Waals surface area (Å²) in [6.07, 6.45) is 2.50. The number of esters is 4. The standard InChI is InChI=1S/C36H41N5O10/c1-6-35-13-9-15-40-17-14-36(33(35)40)22-10-7-8-11-23(22)37-30(36)26(32(45)47-5)29(35)38-25-12-16-41(34(46)39-25)31-28(50-21(4)44)27(49-20(3)43)24(51-31)18-48-19(2)42/h7-13,16,24,27-29,31,33,37H,6,14-15,17-18H2,1-5H3,(H,38,39,46)/t24-,27-,28-,29?,31-,33?,35?,36?/m0/s1. The van der Waals surface area contributed by atoms with Gasteiger partial charge in [-0.1, -0.05) is 37.3 Å². The first-order valence-corrected chi connectivity index (χ1v) is 17.1. The summed E-state index contributed by atoms with van der Waals surface area (Å²) < 4.78 is 28.7. The molecule has 1 spiro atoms. The van der Waals surface area contributed by atoms with E-state index in [4.69, 9.17) is 23.7 Å². The Morgan fingerprint density at radius 1 is 1.06 bits per heavy atom. The zero-order chi connectivity index (χ0) is 36.2. The number of anilines is 2. The van der Waals surface area contributed by atoms with E-state index in [9.17, 15) is 24.0 Å². The number of nitrogens with one attached hydrogen (secondary N) is 2. The van der Waals surface area contributed by atoms with Gasteiger partial charge in [-0.2, -0.15) is 4.98 Å². The predicted molar refractivity (Wildman–Crippen MR) is 180 cm³/mol. The van der Waals surface area contributed by atoms with E-state index in [0.717, 1.165) is 41.0 Å². The molecule has 1 aliphatic carbocycles. The van der Waals surface area contributed by atoms with Gasteiger partial charge in [-0.3, -0.25) is 23.9 Å². The second-order valence-corrected chi connectivity index (χ2v) is 13.5. The van der Waals surface area contributed by atoms with E-state index < -0.39 is 71.0 Å². The maximum atomic E-state index is 13.9. The third-order valence-electron chi connectivity index (χ3n) is 10.9. The fraction of sp³-hybridized carbons (Fsp3) is 0.500. The Kier molecular flexibility index (Phi) is 8.74. The van der Waals surface area contributed by atoms with Crippen molar-refractivity contribution in [3.05, 3.63) is 76.0 Å². The van der Waals surface area contributed by atoms with Gasteiger partial charge in [0.05, 0.1) is 24.1 Å². The monoisotopic (exact) mass is 703 g/mol. The molecule has 4 aliphatic heterocycles. The van der Waals surface area contributed by atoms with E-state index in [1.807, 2.05) is 18.2 Å². The molecule has 4 unspecified atom stereocenters. The quantitative estimate of drug-likeness (QED) is 0.221. The van der Waals surface area contributed by atoms with Gasteiger partial charge >= 0.3 is 29.6 Å². The molecule has 1 aromatic carbocycles. The SMILES string of the molecule is CCC12C=CCN3CCC4(C(=C(C(=O)OC)C1Nc1ccn([C@H]5O[C@@H](COC(C)=O)[C@H](OC(C)=O)[C@@H]5OC(C)=O)c(=O)n1)Nc1ccccc14)C32. The summed E-state index contributed by atoms with van der Waals surface area (Å²) in [6, 6.07) is 9.07. The lowest BCUT2D eigenvalue weighted by Gasteiger charge is -2.57. The van der Waals surface area contributed by atoms with Crippen molar-refractivity contribution in [1.82, 2.24) is 14.5 Å². The Morgan fingerprint density at radius 3 is 2.49 bits per heavy atom. The summed E-state index contributed by atoms with van der Waals surface area (Å²) in [6.45, 7) is 6.96. The number of aromatic nitrogens is 2. The normalized spacial score (nSPS) is 31.5. The largest absolute Gasteiger partial charge is 0.466 e. The Labute approximate surface area is 293 Å². The van der Waals surface area contributed by atoms with Gasteiger partial charge in [0, 0.05) is 62.9 Å². The Hall–Kier alpha value is -5.02. The number of fused-ring (bicyclic) bond motifs is 1. The molecule has 51 heavy (non-hydrogen) atoms. The molecular formula is C36H41N5O10. The van der Waals surface area contributed by atoms with Crippen molar-refractivity contribution in [2.45, 2.75) is 82.6 Å². The summed E-state index contributed by atoms with van der Waals surface area (Å²) >= 11 is 0. The number of carbonyl (C=O) groups is 4. The van der Waals surface area contributed by atoms with Crippen LogP contribution in [0.25, 0.3) is 0 Å². The van der Waals surface area contributed by atoms with Gasteiger partial charge in [-0.05, 0) is 30.5 Å². The van der Waals surface area contributed by atoms with Crippen LogP contribution in [-0.4, -0.2) is 95.5 Å². The molecule has 5 heterocycles. The highest BCUT2D eigenvalue weighted by Gasteiger charge is 2.68. The minimum Gasteiger partial charge on any atom is -0.466 e. The number of hydrogen-bond acceptors (Lipinski definition) is 14. The van der Waals surface area contributed by atoms with Crippen molar-refractivity contribution in [1.29, 1.82) is 0 Å². The van der Waals surface area contributed by atoms with Gasteiger partial charge in [0.25, 0.3) is 0 Å². The van der Waals surface area contributed by atoms with Crippen LogP contribution in [-0.2, 0) is 48.3 Å². The van der Waals surface area contributed by atoms with Gasteiger partial charge in [-0.15, -0.1) is 0 Å². The maximum Gasteiger partial charge on any atom is 0.351 e. The molecule has 270 valence electrons. The van der Waals surface area contributed by atoms with Crippen molar-refractivity contribution < 1.29 is 42.9 Å². The molecule has 0 amide bonds. The number of hydrogen-bond donors (Lipinski definition) is 2. The van der Waals surface area contributed by atoms with E-state index in [1.165, 1.54) is 34.1 Å². The fourth-order valence-corrected chi connectivity index (χ4v) is 9.08. The van der Waals surface area contributed by atoms with E-state index in [-0.39, 0.29) is 18.5 Å². The smallest absolute Gasteiger partial charge is 0.351 e. The van der Waals surface area contributed by atoms with Gasteiger partial charge in [0.2, 0.25) is 0 Å². The molecule has 2 fully saturated rings. The van der Waals surface area contributed by atoms with Crippen LogP contribution in [0.1, 0.15) is 52.3 Å². The Bertz CT molecular complexity index is 1910. The van der Waals surface area contributed by atoms with Crippen LogP contribution >= 0.6 is 0 Å². The molecule has 15 heteroatoms. The van der Waals surface area contributed by atoms with Crippen LogP contribution in [0.4, 0.5) is 11.5 Å². The van der Waals surface area contributed by atoms with E-state index in [1.54, 1.807) is 6.07 Å². The molecule has 8 atom stereocenters. The number of methoxy groups -OCH3 is 1. The van der Waals surface area contributed by atoms with Gasteiger partial charge < -0.3 is 34.3 Å². The fourth-order valence-electron chi connectivity index (χ4n) is 9.08.